The Morgan fingerprint density at radius 2 is 1.78 bits per heavy atom. The summed E-state index contributed by atoms with van der Waals surface area (Å²) in [6.07, 6.45) is 11.8. The van der Waals surface area contributed by atoms with Gasteiger partial charge in [-0.25, -0.2) is 0 Å². The molecule has 2 aliphatic rings. The summed E-state index contributed by atoms with van der Waals surface area (Å²) in [5, 5.41) is 0. The Morgan fingerprint density at radius 1 is 1.11 bits per heavy atom. The molecule has 1 aromatic carbocycles. The molecule has 0 bridgehead atoms. The van der Waals surface area contributed by atoms with Gasteiger partial charge in [-0.1, -0.05) is 80.3 Å². The van der Waals surface area contributed by atoms with Crippen LogP contribution in [-0.4, -0.2) is 28.7 Å². The molecule has 0 spiro atoms. The maximum Gasteiger partial charge on any atom is 0.266 e. The van der Waals surface area contributed by atoms with Crippen molar-refractivity contribution in [1.82, 2.24) is 4.90 Å². The van der Waals surface area contributed by atoms with Crippen LogP contribution in [0.2, 0.25) is 0 Å². The highest BCUT2D eigenvalue weighted by Gasteiger charge is 2.37. The summed E-state index contributed by atoms with van der Waals surface area (Å²) in [5.41, 5.74) is 3.85. The van der Waals surface area contributed by atoms with Gasteiger partial charge in [-0.2, -0.15) is 0 Å². The number of anilines is 1. The maximum atomic E-state index is 12.1. The van der Waals surface area contributed by atoms with Gasteiger partial charge in [0.2, 0.25) is 0 Å². The first-order chi connectivity index (χ1) is 12.9. The van der Waals surface area contributed by atoms with Crippen LogP contribution in [-0.2, 0) is 10.2 Å². The number of rotatable bonds is 4. The number of carbonyl (C=O) groups excluding carboxylic acids is 1. The molecule has 0 N–H and O–H groups in total. The Kier molecular flexibility index (Phi) is 5.72. The number of amides is 1. The average molecular weight is 397 g/mol. The summed E-state index contributed by atoms with van der Waals surface area (Å²) in [6.45, 7) is 7.05. The molecule has 0 atom stereocenters. The third-order valence-electron chi connectivity index (χ3n) is 4.97. The predicted octanol–water partition coefficient (Wildman–Crippen LogP) is 5.17. The lowest BCUT2D eigenvalue weighted by Gasteiger charge is -2.23. The molecule has 1 saturated heterocycles. The van der Waals surface area contributed by atoms with E-state index in [9.17, 15) is 4.79 Å². The van der Waals surface area contributed by atoms with Gasteiger partial charge in [-0.3, -0.25) is 9.69 Å². The number of nitrogens with zero attached hydrogens (tertiary/aromatic N) is 2. The quantitative estimate of drug-likeness (QED) is 0.398. The molecule has 140 valence electrons. The van der Waals surface area contributed by atoms with Crippen LogP contribution >= 0.6 is 24.0 Å². The summed E-state index contributed by atoms with van der Waals surface area (Å²) >= 11 is 6.57. The summed E-state index contributed by atoms with van der Waals surface area (Å²) in [5.74, 6) is -0.00431. The van der Waals surface area contributed by atoms with E-state index in [1.54, 1.807) is 4.90 Å². The fourth-order valence-corrected chi connectivity index (χ4v) is 4.84. The second-order valence-electron chi connectivity index (χ2n) is 6.97. The van der Waals surface area contributed by atoms with Crippen molar-refractivity contribution < 1.29 is 4.79 Å². The van der Waals surface area contributed by atoms with Crippen molar-refractivity contribution in [2.24, 2.45) is 0 Å². The third kappa shape index (κ3) is 3.66. The van der Waals surface area contributed by atoms with E-state index in [1.165, 1.54) is 28.7 Å². The first-order valence-electron chi connectivity index (χ1n) is 9.00. The predicted molar refractivity (Wildman–Crippen MR) is 120 cm³/mol. The monoisotopic (exact) mass is 396 g/mol. The summed E-state index contributed by atoms with van der Waals surface area (Å²) in [6, 6.07) is 8.53. The molecule has 0 aliphatic carbocycles. The van der Waals surface area contributed by atoms with Crippen molar-refractivity contribution in [3.8, 4) is 0 Å². The number of benzene rings is 1. The van der Waals surface area contributed by atoms with Crippen LogP contribution in [0.4, 0.5) is 5.69 Å². The molecule has 1 amide bonds. The molecular weight excluding hydrogens is 372 g/mol. The summed E-state index contributed by atoms with van der Waals surface area (Å²) < 4.78 is 0.633. The van der Waals surface area contributed by atoms with E-state index < -0.39 is 0 Å². The van der Waals surface area contributed by atoms with Gasteiger partial charge in [0.05, 0.1) is 4.91 Å². The Morgan fingerprint density at radius 3 is 2.41 bits per heavy atom. The minimum atomic E-state index is -0.0203. The van der Waals surface area contributed by atoms with E-state index in [2.05, 4.69) is 56.1 Å². The zero-order valence-electron chi connectivity index (χ0n) is 16.1. The van der Waals surface area contributed by atoms with Gasteiger partial charge in [0, 0.05) is 30.4 Å². The fourth-order valence-electron chi connectivity index (χ4n) is 3.51. The van der Waals surface area contributed by atoms with Crippen LogP contribution in [0.5, 0.6) is 0 Å². The summed E-state index contributed by atoms with van der Waals surface area (Å²) in [7, 11) is 2.11. The maximum absolute atomic E-state index is 12.1. The first-order valence-corrected chi connectivity index (χ1v) is 10.2. The van der Waals surface area contributed by atoms with Crippen molar-refractivity contribution in [1.29, 1.82) is 0 Å². The van der Waals surface area contributed by atoms with Crippen LogP contribution in [0.1, 0.15) is 26.3 Å². The summed E-state index contributed by atoms with van der Waals surface area (Å²) in [4.78, 5) is 16.7. The highest BCUT2D eigenvalue weighted by molar-refractivity contribution is 8.26. The Labute approximate surface area is 171 Å². The fraction of sp³-hybridized carbons (Fsp3) is 0.273. The SMILES string of the molecule is CCN1C(=O)\C(=C/C=C/C=C/C=C2/N(C)c3ccccc3C2(C)C)SC1=S. The molecule has 0 aromatic heterocycles. The molecular formula is C22H24N2OS2. The van der Waals surface area contributed by atoms with Crippen LogP contribution in [0, 0.1) is 0 Å². The van der Waals surface area contributed by atoms with Crippen LogP contribution in [0.15, 0.2) is 71.3 Å². The molecule has 0 saturated carbocycles. The molecule has 3 rings (SSSR count). The molecule has 0 radical (unpaired) electrons. The van der Waals surface area contributed by atoms with Crippen LogP contribution in [0.25, 0.3) is 0 Å². The van der Waals surface area contributed by atoms with Crippen LogP contribution < -0.4 is 4.90 Å². The van der Waals surface area contributed by atoms with Gasteiger partial charge in [-0.05, 0) is 30.7 Å². The van der Waals surface area contributed by atoms with Crippen molar-refractivity contribution in [3.05, 3.63) is 76.9 Å². The van der Waals surface area contributed by atoms with Crippen LogP contribution in [0.3, 0.4) is 0 Å². The smallest absolute Gasteiger partial charge is 0.266 e. The van der Waals surface area contributed by atoms with Gasteiger partial charge in [0.25, 0.3) is 5.91 Å². The molecule has 2 aliphatic heterocycles. The van der Waals surface area contributed by atoms with Crippen molar-refractivity contribution in [3.63, 3.8) is 0 Å². The van der Waals surface area contributed by atoms with Gasteiger partial charge in [0.15, 0.2) is 0 Å². The number of thioether (sulfide) groups is 1. The molecule has 1 aromatic rings. The molecule has 5 heteroatoms. The van der Waals surface area contributed by atoms with E-state index in [-0.39, 0.29) is 11.3 Å². The zero-order chi connectivity index (χ0) is 19.6. The number of carbonyl (C=O) groups is 1. The van der Waals surface area contributed by atoms with Gasteiger partial charge >= 0.3 is 0 Å². The van der Waals surface area contributed by atoms with Gasteiger partial charge in [-0.15, -0.1) is 0 Å². The molecule has 27 heavy (non-hydrogen) atoms. The lowest BCUT2D eigenvalue weighted by molar-refractivity contribution is -0.122. The topological polar surface area (TPSA) is 23.6 Å². The van der Waals surface area contributed by atoms with E-state index in [0.29, 0.717) is 15.8 Å². The number of para-hydroxylation sites is 1. The average Bonchev–Trinajstić information content (AvgIpc) is 3.02. The van der Waals surface area contributed by atoms with Crippen molar-refractivity contribution in [2.45, 2.75) is 26.2 Å². The van der Waals surface area contributed by atoms with Gasteiger partial charge in [0.1, 0.15) is 4.32 Å². The molecule has 3 nitrogen and oxygen atoms in total. The second kappa shape index (κ2) is 7.87. The lowest BCUT2D eigenvalue weighted by Crippen LogP contribution is -2.27. The minimum Gasteiger partial charge on any atom is -0.347 e. The van der Waals surface area contributed by atoms with E-state index in [0.717, 1.165) is 0 Å². The van der Waals surface area contributed by atoms with Crippen molar-refractivity contribution in [2.75, 3.05) is 18.5 Å². The van der Waals surface area contributed by atoms with Crippen molar-refractivity contribution >= 4 is 39.9 Å². The molecule has 1 fully saturated rings. The van der Waals surface area contributed by atoms with Gasteiger partial charge < -0.3 is 4.90 Å². The minimum absolute atomic E-state index is 0.00431. The number of likely N-dealkylation sites (N-methyl/N-ethyl adjacent to an activating group) is 2. The lowest BCUT2D eigenvalue weighted by atomic mass is 9.84. The Hall–Kier alpha value is -2.11. The standard InChI is InChI=1S/C22H24N2OS2/c1-5-24-20(25)18(27-21(24)26)14-8-6-7-9-15-19-22(2,3)16-12-10-11-13-17(16)23(19)4/h6-15H,5H2,1-4H3/b8-6+,9-7+,18-14+,19-15+. The van der Waals surface area contributed by atoms with E-state index in [4.69, 9.17) is 12.2 Å². The number of hydrogen-bond acceptors (Lipinski definition) is 4. The van der Waals surface area contributed by atoms with E-state index in [1.807, 2.05) is 37.3 Å². The number of hydrogen-bond donors (Lipinski definition) is 0. The number of allylic oxidation sites excluding steroid dienone is 7. The first kappa shape index (κ1) is 19.6. The third-order valence-corrected chi connectivity index (χ3v) is 6.36. The molecule has 2 heterocycles. The number of fused-ring (bicyclic) bond motifs is 1. The highest BCUT2D eigenvalue weighted by Crippen LogP contribution is 2.46. The highest BCUT2D eigenvalue weighted by atomic mass is 32.2. The van der Waals surface area contributed by atoms with E-state index >= 15 is 0 Å². The largest absolute Gasteiger partial charge is 0.347 e. The normalized spacial score (nSPS) is 22.2. The Bertz CT molecular complexity index is 893. The zero-order valence-corrected chi connectivity index (χ0v) is 17.7. The number of thiocarbonyl (C=S) groups is 1. The Balaban J connectivity index is 1.70. The second-order valence-corrected chi connectivity index (χ2v) is 8.65. The molecule has 0 unspecified atom stereocenters.